The van der Waals surface area contributed by atoms with Gasteiger partial charge in [-0.15, -0.1) is 11.3 Å². The molecule has 4 heterocycles. The molecule has 0 bridgehead atoms. The number of nitrogens with one attached hydrogen (secondary N) is 1. The number of pyridine rings is 1. The summed E-state index contributed by atoms with van der Waals surface area (Å²) in [6.07, 6.45) is 3.39. The van der Waals surface area contributed by atoms with Crippen LogP contribution in [0, 0.1) is 0 Å². The fourth-order valence-corrected chi connectivity index (χ4v) is 4.61. The van der Waals surface area contributed by atoms with Gasteiger partial charge in [-0.3, -0.25) is 0 Å². The summed E-state index contributed by atoms with van der Waals surface area (Å²) in [4.78, 5) is 21.4. The smallest absolute Gasteiger partial charge is 0.341 e. The first-order valence-electron chi connectivity index (χ1n) is 9.71. The van der Waals surface area contributed by atoms with Crippen LogP contribution in [0.4, 0.5) is 10.8 Å². The van der Waals surface area contributed by atoms with E-state index in [0.29, 0.717) is 33.6 Å². The molecule has 0 atom stereocenters. The average Bonchev–Trinajstić information content (AvgIpc) is 3.44. The molecule has 0 spiro atoms. The topological polar surface area (TPSA) is 70.8 Å². The van der Waals surface area contributed by atoms with Gasteiger partial charge in [0.2, 0.25) is 0 Å². The van der Waals surface area contributed by atoms with Gasteiger partial charge in [0.25, 0.3) is 0 Å². The van der Waals surface area contributed by atoms with Crippen LogP contribution in [-0.4, -0.2) is 53.8 Å². The molecule has 4 rings (SSSR count). The predicted octanol–water partition coefficient (Wildman–Crippen LogP) is 4.10. The summed E-state index contributed by atoms with van der Waals surface area (Å²) in [6.45, 7) is 5.28. The molecular weight excluding hydrogens is 420 g/mol. The Hall–Kier alpha value is -2.91. The Morgan fingerprint density at radius 3 is 2.77 bits per heavy atom. The van der Waals surface area contributed by atoms with Crippen molar-refractivity contribution >= 4 is 45.5 Å². The van der Waals surface area contributed by atoms with Crippen molar-refractivity contribution in [1.82, 2.24) is 9.88 Å². The molecule has 1 aliphatic heterocycles. The van der Waals surface area contributed by atoms with E-state index in [1.807, 2.05) is 29.6 Å². The Bertz CT molecular complexity index is 997. The number of esters is 1. The molecule has 0 aliphatic carbocycles. The average molecular weight is 443 g/mol. The molecule has 0 amide bonds. The third kappa shape index (κ3) is 4.31. The summed E-state index contributed by atoms with van der Waals surface area (Å²) in [5.74, 6) is 1.20. The van der Waals surface area contributed by atoms with Gasteiger partial charge in [-0.25, -0.2) is 9.78 Å². The number of piperazine rings is 1. The maximum atomic E-state index is 12.6. The van der Waals surface area contributed by atoms with Crippen molar-refractivity contribution in [3.63, 3.8) is 0 Å². The van der Waals surface area contributed by atoms with E-state index < -0.39 is 5.97 Å². The molecule has 1 N–H and O–H groups in total. The summed E-state index contributed by atoms with van der Waals surface area (Å²) in [5, 5.41) is 6.40. The number of carbonyl (C=O) groups is 1. The Kier molecular flexibility index (Phi) is 6.29. The maximum Gasteiger partial charge on any atom is 0.341 e. The summed E-state index contributed by atoms with van der Waals surface area (Å²) in [5.41, 5.74) is 1.15. The molecule has 7 nitrogen and oxygen atoms in total. The second-order valence-corrected chi connectivity index (χ2v) is 7.91. The first kappa shape index (κ1) is 20.4. The van der Waals surface area contributed by atoms with Crippen molar-refractivity contribution in [1.29, 1.82) is 0 Å². The fraction of sp³-hybridized carbons (Fsp3) is 0.286. The summed E-state index contributed by atoms with van der Waals surface area (Å²) in [7, 11) is 0. The van der Waals surface area contributed by atoms with Gasteiger partial charge in [0.05, 0.1) is 12.9 Å². The van der Waals surface area contributed by atoms with E-state index >= 15 is 0 Å². The highest BCUT2D eigenvalue weighted by Crippen LogP contribution is 2.36. The van der Waals surface area contributed by atoms with E-state index in [0.717, 1.165) is 32.0 Å². The minimum Gasteiger partial charge on any atom is -0.464 e. The molecular formula is C21H22N4O3S2. The standard InChI is InChI=1S/C21H22N4O3S2/c1-2-27-20(26)18-15(16-6-5-13-28-16)14-30-19(18)23-21(29)25-11-9-24(10-12-25)17-7-3-4-8-22-17/h3-8,13-14H,2,9-12H2,1H3,(H,23,29). The zero-order valence-corrected chi connectivity index (χ0v) is 18.2. The molecule has 156 valence electrons. The highest BCUT2D eigenvalue weighted by molar-refractivity contribution is 7.80. The molecule has 3 aromatic rings. The summed E-state index contributed by atoms with van der Waals surface area (Å²) in [6, 6.07) is 9.53. The number of hydrogen-bond acceptors (Lipinski definition) is 7. The van der Waals surface area contributed by atoms with Crippen LogP contribution in [0.3, 0.4) is 0 Å². The van der Waals surface area contributed by atoms with Gasteiger partial charge in [-0.2, -0.15) is 0 Å². The second-order valence-electron chi connectivity index (χ2n) is 6.64. The number of thiocarbonyl (C=S) groups is 1. The monoisotopic (exact) mass is 442 g/mol. The van der Waals surface area contributed by atoms with E-state index in [-0.39, 0.29) is 0 Å². The minimum atomic E-state index is -0.393. The molecule has 1 saturated heterocycles. The lowest BCUT2D eigenvalue weighted by atomic mass is 10.1. The molecule has 0 unspecified atom stereocenters. The van der Waals surface area contributed by atoms with Gasteiger partial charge in [0.1, 0.15) is 22.1 Å². The lowest BCUT2D eigenvalue weighted by Gasteiger charge is -2.36. The Balaban J connectivity index is 1.46. The van der Waals surface area contributed by atoms with Gasteiger partial charge in [0.15, 0.2) is 5.11 Å². The molecule has 1 aliphatic rings. The molecule has 0 aromatic carbocycles. The summed E-state index contributed by atoms with van der Waals surface area (Å²) >= 11 is 7.06. The van der Waals surface area contributed by atoms with E-state index in [2.05, 4.69) is 20.1 Å². The lowest BCUT2D eigenvalue weighted by Crippen LogP contribution is -2.50. The zero-order valence-electron chi connectivity index (χ0n) is 16.5. The van der Waals surface area contributed by atoms with E-state index in [1.54, 1.807) is 25.5 Å². The first-order chi connectivity index (χ1) is 14.7. The normalized spacial score (nSPS) is 13.9. The Labute approximate surface area is 184 Å². The van der Waals surface area contributed by atoms with Crippen LogP contribution < -0.4 is 10.2 Å². The van der Waals surface area contributed by atoms with Gasteiger partial charge in [0, 0.05) is 43.3 Å². The highest BCUT2D eigenvalue weighted by atomic mass is 32.1. The van der Waals surface area contributed by atoms with Gasteiger partial charge in [-0.05, 0) is 43.4 Å². The van der Waals surface area contributed by atoms with E-state index in [1.165, 1.54) is 11.3 Å². The number of anilines is 2. The zero-order chi connectivity index (χ0) is 20.9. The van der Waals surface area contributed by atoms with Gasteiger partial charge >= 0.3 is 5.97 Å². The van der Waals surface area contributed by atoms with Crippen LogP contribution in [0.25, 0.3) is 11.3 Å². The third-order valence-electron chi connectivity index (χ3n) is 4.82. The van der Waals surface area contributed by atoms with Crippen LogP contribution >= 0.6 is 23.6 Å². The van der Waals surface area contributed by atoms with Gasteiger partial charge < -0.3 is 24.3 Å². The SMILES string of the molecule is CCOC(=O)c1c(-c2ccco2)csc1NC(=S)N1CCN(c2ccccn2)CC1. The van der Waals surface area contributed by atoms with Crippen molar-refractivity contribution < 1.29 is 13.9 Å². The lowest BCUT2D eigenvalue weighted by molar-refractivity contribution is 0.0529. The number of aromatic nitrogens is 1. The van der Waals surface area contributed by atoms with Crippen LogP contribution in [0.5, 0.6) is 0 Å². The predicted molar refractivity (Wildman–Crippen MR) is 122 cm³/mol. The molecule has 9 heteroatoms. The third-order valence-corrected chi connectivity index (χ3v) is 6.07. The first-order valence-corrected chi connectivity index (χ1v) is 11.0. The molecule has 1 fully saturated rings. The van der Waals surface area contributed by atoms with Gasteiger partial charge in [-0.1, -0.05) is 6.07 Å². The molecule has 0 saturated carbocycles. The second kappa shape index (κ2) is 9.27. The van der Waals surface area contributed by atoms with Crippen LogP contribution in [-0.2, 0) is 4.74 Å². The van der Waals surface area contributed by atoms with Crippen molar-refractivity contribution in [2.24, 2.45) is 0 Å². The molecule has 3 aromatic heterocycles. The molecule has 30 heavy (non-hydrogen) atoms. The Morgan fingerprint density at radius 1 is 1.27 bits per heavy atom. The van der Waals surface area contributed by atoms with E-state index in [4.69, 9.17) is 21.4 Å². The van der Waals surface area contributed by atoms with Crippen LogP contribution in [0.15, 0.2) is 52.6 Å². The number of furan rings is 1. The summed E-state index contributed by atoms with van der Waals surface area (Å²) < 4.78 is 10.8. The van der Waals surface area contributed by atoms with Crippen LogP contribution in [0.1, 0.15) is 17.3 Å². The Morgan fingerprint density at radius 2 is 2.10 bits per heavy atom. The minimum absolute atomic E-state index is 0.297. The van der Waals surface area contributed by atoms with Crippen molar-refractivity contribution in [2.45, 2.75) is 6.92 Å². The number of ether oxygens (including phenoxy) is 1. The number of nitrogens with zero attached hydrogens (tertiary/aromatic N) is 3. The quantitative estimate of drug-likeness (QED) is 0.468. The van der Waals surface area contributed by atoms with Crippen molar-refractivity contribution in [2.75, 3.05) is 43.0 Å². The number of hydrogen-bond donors (Lipinski definition) is 1. The highest BCUT2D eigenvalue weighted by Gasteiger charge is 2.25. The molecule has 0 radical (unpaired) electrons. The largest absolute Gasteiger partial charge is 0.464 e. The maximum absolute atomic E-state index is 12.6. The number of thiophene rings is 1. The number of carbonyl (C=O) groups excluding carboxylic acids is 1. The number of rotatable bonds is 5. The van der Waals surface area contributed by atoms with Crippen molar-refractivity contribution in [3.8, 4) is 11.3 Å². The fourth-order valence-electron chi connectivity index (χ4n) is 3.32. The van der Waals surface area contributed by atoms with Crippen molar-refractivity contribution in [3.05, 3.63) is 53.7 Å². The van der Waals surface area contributed by atoms with Crippen LogP contribution in [0.2, 0.25) is 0 Å². The van der Waals surface area contributed by atoms with E-state index in [9.17, 15) is 4.79 Å².